The molecule has 1 aliphatic heterocycles. The first kappa shape index (κ1) is 15.4. The van der Waals surface area contributed by atoms with Crippen LogP contribution >= 0.6 is 15.9 Å². The fraction of sp³-hybridized carbons (Fsp3) is 1.00. The van der Waals surface area contributed by atoms with Gasteiger partial charge in [0.05, 0.1) is 17.6 Å². The van der Waals surface area contributed by atoms with Gasteiger partial charge in [-0.1, -0.05) is 29.8 Å². The Hall–Kier alpha value is 0.390. The lowest BCUT2D eigenvalue weighted by atomic mass is 9.87. The summed E-state index contributed by atoms with van der Waals surface area (Å²) in [6.45, 7) is 4.84. The minimum Gasteiger partial charge on any atom is -0.377 e. The predicted molar refractivity (Wildman–Crippen MR) is 74.4 cm³/mol. The molecular formula is C12H23BrO3S. The molecule has 1 aliphatic rings. The Kier molecular flexibility index (Phi) is 5.93. The summed E-state index contributed by atoms with van der Waals surface area (Å²) in [5.41, 5.74) is -0.114. The van der Waals surface area contributed by atoms with Crippen molar-refractivity contribution in [2.75, 3.05) is 23.4 Å². The number of alkyl halides is 1. The minimum absolute atomic E-state index is 0.0678. The molecule has 0 aromatic rings. The standard InChI is InChI=1S/C12H23BrO3S/c1-3-12(4-2,9-13)10-17(14,15)8-11-6-5-7-16-11/h11H,3-10H2,1-2H3. The zero-order chi connectivity index (χ0) is 12.9. The average Bonchev–Trinajstić information content (AvgIpc) is 2.78. The summed E-state index contributed by atoms with van der Waals surface area (Å²) >= 11 is 3.46. The summed E-state index contributed by atoms with van der Waals surface area (Å²) in [4.78, 5) is 0. The van der Waals surface area contributed by atoms with E-state index in [1.165, 1.54) is 0 Å². The highest BCUT2D eigenvalue weighted by atomic mass is 79.9. The second kappa shape index (κ2) is 6.53. The van der Waals surface area contributed by atoms with Gasteiger partial charge in [-0.25, -0.2) is 8.42 Å². The van der Waals surface area contributed by atoms with Gasteiger partial charge in [0.1, 0.15) is 0 Å². The highest BCUT2D eigenvalue weighted by Gasteiger charge is 2.33. The van der Waals surface area contributed by atoms with E-state index >= 15 is 0 Å². The number of hydrogen-bond acceptors (Lipinski definition) is 3. The monoisotopic (exact) mass is 326 g/mol. The zero-order valence-corrected chi connectivity index (χ0v) is 13.1. The maximum Gasteiger partial charge on any atom is 0.153 e. The molecule has 17 heavy (non-hydrogen) atoms. The second-order valence-electron chi connectivity index (χ2n) is 5.03. The van der Waals surface area contributed by atoms with Crippen molar-refractivity contribution in [2.45, 2.75) is 45.6 Å². The summed E-state index contributed by atoms with van der Waals surface area (Å²) in [5, 5.41) is 0.748. The molecule has 1 saturated heterocycles. The Morgan fingerprint density at radius 3 is 2.41 bits per heavy atom. The molecule has 3 nitrogen and oxygen atoms in total. The number of rotatable bonds is 7. The van der Waals surface area contributed by atoms with Gasteiger partial charge in [0.15, 0.2) is 9.84 Å². The maximum atomic E-state index is 12.2. The third kappa shape index (κ3) is 4.52. The summed E-state index contributed by atoms with van der Waals surface area (Å²) in [6, 6.07) is 0. The van der Waals surface area contributed by atoms with Gasteiger partial charge in [-0.05, 0) is 31.1 Å². The predicted octanol–water partition coefficient (Wildman–Crippen LogP) is 2.78. The largest absolute Gasteiger partial charge is 0.377 e. The highest BCUT2D eigenvalue weighted by molar-refractivity contribution is 9.09. The van der Waals surface area contributed by atoms with Crippen molar-refractivity contribution in [2.24, 2.45) is 5.41 Å². The Labute approximate surface area is 113 Å². The van der Waals surface area contributed by atoms with Gasteiger partial charge < -0.3 is 4.74 Å². The van der Waals surface area contributed by atoms with Crippen LogP contribution in [-0.2, 0) is 14.6 Å². The van der Waals surface area contributed by atoms with E-state index in [9.17, 15) is 8.42 Å². The van der Waals surface area contributed by atoms with Crippen molar-refractivity contribution in [3.8, 4) is 0 Å². The molecule has 0 amide bonds. The van der Waals surface area contributed by atoms with Crippen LogP contribution in [0.3, 0.4) is 0 Å². The number of sulfone groups is 1. The molecule has 1 unspecified atom stereocenters. The van der Waals surface area contributed by atoms with Crippen LogP contribution in [-0.4, -0.2) is 38.0 Å². The van der Waals surface area contributed by atoms with Crippen LogP contribution in [0, 0.1) is 5.41 Å². The SMILES string of the molecule is CCC(CC)(CBr)CS(=O)(=O)CC1CCCO1. The molecule has 1 heterocycles. The molecule has 0 aliphatic carbocycles. The molecule has 102 valence electrons. The van der Waals surface area contributed by atoms with Crippen LogP contribution in [0.5, 0.6) is 0 Å². The lowest BCUT2D eigenvalue weighted by Crippen LogP contribution is -2.34. The Morgan fingerprint density at radius 1 is 1.35 bits per heavy atom. The quantitative estimate of drug-likeness (QED) is 0.675. The first-order valence-electron chi connectivity index (χ1n) is 6.35. The van der Waals surface area contributed by atoms with Gasteiger partial charge in [0.25, 0.3) is 0 Å². The topological polar surface area (TPSA) is 43.4 Å². The van der Waals surface area contributed by atoms with Crippen LogP contribution in [0.2, 0.25) is 0 Å². The van der Waals surface area contributed by atoms with Crippen molar-refractivity contribution >= 4 is 25.8 Å². The first-order valence-corrected chi connectivity index (χ1v) is 9.29. The van der Waals surface area contributed by atoms with Gasteiger partial charge in [0.2, 0.25) is 0 Å². The molecule has 0 radical (unpaired) electrons. The number of halogens is 1. The fourth-order valence-electron chi connectivity index (χ4n) is 2.27. The van der Waals surface area contributed by atoms with Crippen LogP contribution in [0.4, 0.5) is 0 Å². The molecular weight excluding hydrogens is 304 g/mol. The molecule has 5 heteroatoms. The van der Waals surface area contributed by atoms with Gasteiger partial charge in [-0.15, -0.1) is 0 Å². The van der Waals surface area contributed by atoms with E-state index in [1.54, 1.807) is 0 Å². The lowest BCUT2D eigenvalue weighted by molar-refractivity contribution is 0.127. The van der Waals surface area contributed by atoms with E-state index in [1.807, 2.05) is 0 Å². The zero-order valence-electron chi connectivity index (χ0n) is 10.7. The molecule has 1 fully saturated rings. The summed E-state index contributed by atoms with van der Waals surface area (Å²) in [5.74, 6) is 0.472. The van der Waals surface area contributed by atoms with Crippen molar-refractivity contribution in [1.29, 1.82) is 0 Å². The van der Waals surface area contributed by atoms with Crippen molar-refractivity contribution in [1.82, 2.24) is 0 Å². The van der Waals surface area contributed by atoms with Gasteiger partial charge in [0, 0.05) is 11.9 Å². The summed E-state index contributed by atoms with van der Waals surface area (Å²) in [7, 11) is -3.01. The Balaban J connectivity index is 2.63. The van der Waals surface area contributed by atoms with Gasteiger partial charge in [-0.3, -0.25) is 0 Å². The molecule has 0 aromatic carbocycles. The van der Waals surface area contributed by atoms with E-state index in [-0.39, 0.29) is 23.0 Å². The van der Waals surface area contributed by atoms with Crippen molar-refractivity contribution in [3.05, 3.63) is 0 Å². The second-order valence-corrected chi connectivity index (χ2v) is 7.70. The molecule has 0 spiro atoms. The van der Waals surface area contributed by atoms with E-state index in [0.29, 0.717) is 6.61 Å². The van der Waals surface area contributed by atoms with E-state index < -0.39 is 9.84 Å². The molecule has 0 saturated carbocycles. The Morgan fingerprint density at radius 2 is 2.00 bits per heavy atom. The highest BCUT2D eigenvalue weighted by Crippen LogP contribution is 2.31. The van der Waals surface area contributed by atoms with Crippen molar-refractivity contribution in [3.63, 3.8) is 0 Å². The Bertz CT molecular complexity index is 308. The smallest absolute Gasteiger partial charge is 0.153 e. The van der Waals surface area contributed by atoms with E-state index in [0.717, 1.165) is 31.0 Å². The van der Waals surface area contributed by atoms with Gasteiger partial charge in [-0.2, -0.15) is 0 Å². The van der Waals surface area contributed by atoms with Gasteiger partial charge >= 0.3 is 0 Å². The summed E-state index contributed by atoms with van der Waals surface area (Å²) < 4.78 is 29.8. The van der Waals surface area contributed by atoms with E-state index in [4.69, 9.17) is 4.74 Å². The molecule has 0 bridgehead atoms. The number of hydrogen-bond donors (Lipinski definition) is 0. The third-order valence-corrected chi connectivity index (χ3v) is 6.89. The fourth-order valence-corrected chi connectivity index (χ4v) is 5.91. The van der Waals surface area contributed by atoms with Crippen LogP contribution < -0.4 is 0 Å². The van der Waals surface area contributed by atoms with Crippen LogP contribution in [0.1, 0.15) is 39.5 Å². The number of ether oxygens (including phenoxy) is 1. The molecule has 0 N–H and O–H groups in total. The van der Waals surface area contributed by atoms with Crippen LogP contribution in [0.15, 0.2) is 0 Å². The minimum atomic E-state index is -3.01. The third-order valence-electron chi connectivity index (χ3n) is 3.77. The lowest BCUT2D eigenvalue weighted by Gasteiger charge is -2.29. The normalized spacial score (nSPS) is 21.9. The van der Waals surface area contributed by atoms with Crippen LogP contribution in [0.25, 0.3) is 0 Å². The first-order chi connectivity index (χ1) is 7.97. The van der Waals surface area contributed by atoms with E-state index in [2.05, 4.69) is 29.8 Å². The molecule has 0 aromatic heterocycles. The molecule has 1 atom stereocenters. The maximum absolute atomic E-state index is 12.2. The summed E-state index contributed by atoms with van der Waals surface area (Å²) in [6.07, 6.45) is 3.59. The molecule has 1 rings (SSSR count). The average molecular weight is 327 g/mol. The van der Waals surface area contributed by atoms with Crippen molar-refractivity contribution < 1.29 is 13.2 Å².